The minimum Gasteiger partial charge on any atom is -0.376 e. The predicted octanol–water partition coefficient (Wildman–Crippen LogP) is 4.55. The van der Waals surface area contributed by atoms with Crippen LogP contribution in [0.4, 0.5) is 0 Å². The van der Waals surface area contributed by atoms with Gasteiger partial charge in [-0.3, -0.25) is 14.2 Å². The van der Waals surface area contributed by atoms with E-state index in [-0.39, 0.29) is 29.4 Å². The predicted molar refractivity (Wildman–Crippen MR) is 132 cm³/mol. The topological polar surface area (TPSA) is 73.2 Å². The number of carbonyl (C=O) groups is 1. The molecule has 4 rings (SSSR count). The van der Waals surface area contributed by atoms with Gasteiger partial charge in [-0.25, -0.2) is 4.98 Å². The second kappa shape index (κ2) is 10.7. The molecular weight excluding hydrogens is 442 g/mol. The van der Waals surface area contributed by atoms with Gasteiger partial charge in [-0.15, -0.1) is 11.3 Å². The van der Waals surface area contributed by atoms with Gasteiger partial charge in [0.1, 0.15) is 4.83 Å². The number of amides is 1. The van der Waals surface area contributed by atoms with E-state index in [2.05, 4.69) is 26.1 Å². The maximum Gasteiger partial charge on any atom is 0.263 e. The SMILES string of the molecule is CC(C)CC[C@H](C)NC(=O)CSc1nc2sc3c(c2c(=O)n1C[C@@H]1CCCO1)CCCC3. The van der Waals surface area contributed by atoms with Crippen LogP contribution in [0.25, 0.3) is 10.2 Å². The summed E-state index contributed by atoms with van der Waals surface area (Å²) in [5, 5.41) is 4.54. The average molecular weight is 478 g/mol. The molecule has 1 aliphatic carbocycles. The molecular formula is C24H35N3O3S2. The van der Waals surface area contributed by atoms with E-state index < -0.39 is 0 Å². The highest BCUT2D eigenvalue weighted by Gasteiger charge is 2.25. The number of thioether (sulfide) groups is 1. The summed E-state index contributed by atoms with van der Waals surface area (Å²) in [6, 6.07) is 0.152. The molecule has 2 aliphatic rings. The summed E-state index contributed by atoms with van der Waals surface area (Å²) in [6.45, 7) is 7.71. The summed E-state index contributed by atoms with van der Waals surface area (Å²) in [6.07, 6.45) is 8.43. The van der Waals surface area contributed by atoms with Crippen LogP contribution >= 0.6 is 23.1 Å². The molecule has 2 aromatic heterocycles. The lowest BCUT2D eigenvalue weighted by molar-refractivity contribution is -0.119. The Morgan fingerprint density at radius 3 is 2.81 bits per heavy atom. The molecule has 2 aromatic rings. The van der Waals surface area contributed by atoms with Crippen molar-refractivity contribution < 1.29 is 9.53 Å². The molecule has 1 fully saturated rings. The third-order valence-electron chi connectivity index (χ3n) is 6.37. The number of hydrogen-bond acceptors (Lipinski definition) is 6. The standard InChI is InChI=1S/C24H35N3O3S2/c1-15(2)10-11-16(3)25-20(28)14-31-24-26-22-21(18-8-4-5-9-19(18)32-22)23(29)27(24)13-17-7-6-12-30-17/h15-17H,4-14H2,1-3H3,(H,25,28)/t16-,17-/m0/s1. The first kappa shape index (κ1) is 23.8. The molecule has 0 bridgehead atoms. The van der Waals surface area contributed by atoms with E-state index >= 15 is 0 Å². The molecule has 8 heteroatoms. The van der Waals surface area contributed by atoms with E-state index in [4.69, 9.17) is 9.72 Å². The van der Waals surface area contributed by atoms with Gasteiger partial charge in [0.05, 0.1) is 23.8 Å². The fraction of sp³-hybridized carbons (Fsp3) is 0.708. The van der Waals surface area contributed by atoms with Gasteiger partial charge in [0.2, 0.25) is 5.91 Å². The minimum absolute atomic E-state index is 0.00487. The summed E-state index contributed by atoms with van der Waals surface area (Å²) < 4.78 is 7.60. The van der Waals surface area contributed by atoms with Crippen LogP contribution in [0.2, 0.25) is 0 Å². The highest BCUT2D eigenvalue weighted by atomic mass is 32.2. The first-order chi connectivity index (χ1) is 15.4. The van der Waals surface area contributed by atoms with E-state index in [0.29, 0.717) is 17.6 Å². The third-order valence-corrected chi connectivity index (χ3v) is 8.53. The zero-order valence-electron chi connectivity index (χ0n) is 19.4. The average Bonchev–Trinajstić information content (AvgIpc) is 3.40. The summed E-state index contributed by atoms with van der Waals surface area (Å²) in [4.78, 5) is 33.2. The molecule has 0 radical (unpaired) electrons. The Hall–Kier alpha value is -1.38. The highest BCUT2D eigenvalue weighted by Crippen LogP contribution is 2.35. The zero-order chi connectivity index (χ0) is 22.7. The Balaban J connectivity index is 1.55. The van der Waals surface area contributed by atoms with E-state index in [9.17, 15) is 9.59 Å². The highest BCUT2D eigenvalue weighted by molar-refractivity contribution is 7.99. The van der Waals surface area contributed by atoms with Crippen molar-refractivity contribution >= 4 is 39.2 Å². The quantitative estimate of drug-likeness (QED) is 0.424. The molecule has 1 saturated heterocycles. The first-order valence-corrected chi connectivity index (χ1v) is 13.8. The van der Waals surface area contributed by atoms with Gasteiger partial charge < -0.3 is 10.1 Å². The maximum atomic E-state index is 13.6. The van der Waals surface area contributed by atoms with Gasteiger partial charge in [-0.05, 0) is 69.8 Å². The van der Waals surface area contributed by atoms with Crippen LogP contribution in [-0.4, -0.2) is 40.0 Å². The van der Waals surface area contributed by atoms with E-state index in [1.165, 1.54) is 28.6 Å². The Kier molecular flexibility index (Phi) is 7.95. The molecule has 0 saturated carbocycles. The smallest absolute Gasteiger partial charge is 0.263 e. The number of hydrogen-bond donors (Lipinski definition) is 1. The van der Waals surface area contributed by atoms with Crippen molar-refractivity contribution in [2.75, 3.05) is 12.4 Å². The van der Waals surface area contributed by atoms with Crippen LogP contribution < -0.4 is 10.9 Å². The maximum absolute atomic E-state index is 13.6. The summed E-state index contributed by atoms with van der Waals surface area (Å²) >= 11 is 3.03. The molecule has 0 spiro atoms. The second-order valence-electron chi connectivity index (χ2n) is 9.56. The van der Waals surface area contributed by atoms with Crippen molar-refractivity contribution in [2.45, 2.75) is 96.0 Å². The van der Waals surface area contributed by atoms with Gasteiger partial charge in [0.25, 0.3) is 5.56 Å². The molecule has 1 amide bonds. The largest absolute Gasteiger partial charge is 0.376 e. The number of fused-ring (bicyclic) bond motifs is 3. The molecule has 2 atom stereocenters. The Morgan fingerprint density at radius 1 is 1.25 bits per heavy atom. The van der Waals surface area contributed by atoms with Gasteiger partial charge in [-0.2, -0.15) is 0 Å². The lowest BCUT2D eigenvalue weighted by Crippen LogP contribution is -2.34. The fourth-order valence-electron chi connectivity index (χ4n) is 4.59. The number of aryl methyl sites for hydroxylation is 2. The van der Waals surface area contributed by atoms with Crippen LogP contribution in [0.3, 0.4) is 0 Å². The van der Waals surface area contributed by atoms with Gasteiger partial charge >= 0.3 is 0 Å². The molecule has 0 aromatic carbocycles. The summed E-state index contributed by atoms with van der Waals surface area (Å²) in [5.41, 5.74) is 1.25. The van der Waals surface area contributed by atoms with E-state index in [1.54, 1.807) is 15.9 Å². The van der Waals surface area contributed by atoms with Crippen molar-refractivity contribution in [3.05, 3.63) is 20.8 Å². The molecule has 176 valence electrons. The van der Waals surface area contributed by atoms with Crippen LogP contribution in [0.5, 0.6) is 0 Å². The van der Waals surface area contributed by atoms with Gasteiger partial charge in [0.15, 0.2) is 5.16 Å². The molecule has 0 unspecified atom stereocenters. The first-order valence-electron chi connectivity index (χ1n) is 12.0. The van der Waals surface area contributed by atoms with E-state index in [1.807, 2.05) is 0 Å². The lowest BCUT2D eigenvalue weighted by atomic mass is 9.97. The fourth-order valence-corrected chi connectivity index (χ4v) is 6.71. The molecule has 3 heterocycles. The second-order valence-corrected chi connectivity index (χ2v) is 11.6. The number of aromatic nitrogens is 2. The Morgan fingerprint density at radius 2 is 2.06 bits per heavy atom. The van der Waals surface area contributed by atoms with Crippen molar-refractivity contribution in [2.24, 2.45) is 5.92 Å². The van der Waals surface area contributed by atoms with Crippen LogP contribution in [-0.2, 0) is 28.9 Å². The lowest BCUT2D eigenvalue weighted by Gasteiger charge is -2.17. The monoisotopic (exact) mass is 477 g/mol. The number of ether oxygens (including phenoxy) is 1. The van der Waals surface area contributed by atoms with Crippen molar-refractivity contribution in [1.29, 1.82) is 0 Å². The number of thiophene rings is 1. The van der Waals surface area contributed by atoms with Crippen LogP contribution in [0.1, 0.15) is 69.7 Å². The third kappa shape index (κ3) is 5.57. The molecule has 1 aliphatic heterocycles. The van der Waals surface area contributed by atoms with Crippen molar-refractivity contribution in [1.82, 2.24) is 14.9 Å². The number of nitrogens with one attached hydrogen (secondary N) is 1. The molecule has 1 N–H and O–H groups in total. The Bertz CT molecular complexity index is 1010. The van der Waals surface area contributed by atoms with Crippen LogP contribution in [0, 0.1) is 5.92 Å². The minimum atomic E-state index is -0.00487. The Labute approximate surface area is 198 Å². The molecule has 6 nitrogen and oxygen atoms in total. The summed E-state index contributed by atoms with van der Waals surface area (Å²) in [7, 11) is 0. The normalized spacial score (nSPS) is 19.4. The van der Waals surface area contributed by atoms with Crippen molar-refractivity contribution in [3.63, 3.8) is 0 Å². The van der Waals surface area contributed by atoms with E-state index in [0.717, 1.165) is 61.8 Å². The summed E-state index contributed by atoms with van der Waals surface area (Å²) in [5.74, 6) is 0.888. The molecule has 32 heavy (non-hydrogen) atoms. The number of rotatable bonds is 9. The number of nitrogens with zero attached hydrogens (tertiary/aromatic N) is 2. The van der Waals surface area contributed by atoms with Gasteiger partial charge in [-0.1, -0.05) is 25.6 Å². The number of carbonyl (C=O) groups excluding carboxylic acids is 1. The van der Waals surface area contributed by atoms with Crippen molar-refractivity contribution in [3.8, 4) is 0 Å². The zero-order valence-corrected chi connectivity index (χ0v) is 21.1. The van der Waals surface area contributed by atoms with Crippen LogP contribution in [0.15, 0.2) is 9.95 Å². The van der Waals surface area contributed by atoms with Gasteiger partial charge in [0, 0.05) is 17.5 Å².